The van der Waals surface area contributed by atoms with E-state index < -0.39 is 0 Å². The lowest BCUT2D eigenvalue weighted by Crippen LogP contribution is -2.32. The fourth-order valence-electron chi connectivity index (χ4n) is 2.41. The van der Waals surface area contributed by atoms with Crippen molar-refractivity contribution in [2.75, 3.05) is 18.0 Å². The molecule has 0 N–H and O–H groups in total. The summed E-state index contributed by atoms with van der Waals surface area (Å²) in [6.45, 7) is 1.49. The fraction of sp³-hybridized carbons (Fsp3) is 0.188. The number of aromatic nitrogens is 1. The molecule has 1 aliphatic heterocycles. The van der Waals surface area contributed by atoms with Crippen molar-refractivity contribution >= 4 is 18.1 Å². The average Bonchev–Trinajstić information content (AvgIpc) is 2.90. The van der Waals surface area contributed by atoms with Crippen molar-refractivity contribution in [1.29, 1.82) is 0 Å². The highest BCUT2D eigenvalue weighted by Gasteiger charge is 2.30. The minimum atomic E-state index is -0.298. The molecule has 0 unspecified atom stereocenters. The first-order chi connectivity index (χ1) is 10.7. The molecule has 2 amide bonds. The Morgan fingerprint density at radius 3 is 2.68 bits per heavy atom. The van der Waals surface area contributed by atoms with Gasteiger partial charge in [-0.1, -0.05) is 12.1 Å². The van der Waals surface area contributed by atoms with Crippen molar-refractivity contribution in [3.63, 3.8) is 0 Å². The maximum atomic E-state index is 12.9. The average molecular weight is 299 g/mol. The summed E-state index contributed by atoms with van der Waals surface area (Å²) in [5.41, 5.74) is 1.35. The Bertz CT molecular complexity index is 703. The molecule has 0 spiro atoms. The fourth-order valence-corrected chi connectivity index (χ4v) is 2.41. The van der Waals surface area contributed by atoms with E-state index in [0.717, 1.165) is 11.8 Å². The lowest BCUT2D eigenvalue weighted by Gasteiger charge is -2.18. The number of benzene rings is 1. The van der Waals surface area contributed by atoms with Crippen LogP contribution < -0.4 is 4.90 Å². The van der Waals surface area contributed by atoms with Gasteiger partial charge in [0.05, 0.1) is 0 Å². The summed E-state index contributed by atoms with van der Waals surface area (Å²) in [7, 11) is 0. The van der Waals surface area contributed by atoms with Gasteiger partial charge in [-0.2, -0.15) is 0 Å². The summed E-state index contributed by atoms with van der Waals surface area (Å²) in [6, 6.07) is 9.10. The van der Waals surface area contributed by atoms with Gasteiger partial charge in [0, 0.05) is 31.4 Å². The molecule has 0 aliphatic carbocycles. The second-order valence-corrected chi connectivity index (χ2v) is 5.05. The Labute approximate surface area is 127 Å². The molecule has 1 saturated heterocycles. The van der Waals surface area contributed by atoms with E-state index >= 15 is 0 Å². The third-order valence-electron chi connectivity index (χ3n) is 3.56. The van der Waals surface area contributed by atoms with Gasteiger partial charge >= 0.3 is 6.03 Å². The number of urea groups is 1. The molecule has 1 fully saturated rings. The van der Waals surface area contributed by atoms with Crippen molar-refractivity contribution in [3.05, 3.63) is 59.5 Å². The van der Waals surface area contributed by atoms with Crippen LogP contribution in [0, 0.1) is 5.82 Å². The predicted octanol–water partition coefficient (Wildman–Crippen LogP) is 2.48. The number of amides is 2. The standard InChI is InChI=1S/C16H14FN3O2/c17-14-3-1-12(2-4-14)10-19-7-8-20(16(19)22)15-9-13(11-21)5-6-18-15/h1-6,9,11H,7-8,10H2. The van der Waals surface area contributed by atoms with Gasteiger partial charge in [-0.05, 0) is 29.8 Å². The number of carbonyl (C=O) groups excluding carboxylic acids is 2. The minimum Gasteiger partial charge on any atom is -0.318 e. The summed E-state index contributed by atoms with van der Waals surface area (Å²) in [5, 5.41) is 0. The first-order valence-electron chi connectivity index (χ1n) is 6.89. The third-order valence-corrected chi connectivity index (χ3v) is 3.56. The van der Waals surface area contributed by atoms with E-state index in [1.807, 2.05) is 0 Å². The molecule has 6 heteroatoms. The number of nitrogens with zero attached hydrogens (tertiary/aromatic N) is 3. The molecule has 1 aromatic heterocycles. The molecule has 5 nitrogen and oxygen atoms in total. The van der Waals surface area contributed by atoms with Gasteiger partial charge in [0.1, 0.15) is 17.9 Å². The van der Waals surface area contributed by atoms with Crippen molar-refractivity contribution in [1.82, 2.24) is 9.88 Å². The summed E-state index contributed by atoms with van der Waals surface area (Å²) in [6.07, 6.45) is 2.23. The molecule has 3 rings (SSSR count). The number of aldehydes is 1. The van der Waals surface area contributed by atoms with Gasteiger partial charge in [0.15, 0.2) is 0 Å². The van der Waals surface area contributed by atoms with Crippen LogP contribution in [-0.4, -0.2) is 35.3 Å². The Morgan fingerprint density at radius 2 is 1.95 bits per heavy atom. The van der Waals surface area contributed by atoms with Crippen molar-refractivity contribution in [3.8, 4) is 0 Å². The summed E-state index contributed by atoms with van der Waals surface area (Å²) < 4.78 is 12.9. The van der Waals surface area contributed by atoms with Crippen molar-refractivity contribution in [2.24, 2.45) is 0 Å². The second kappa shape index (κ2) is 5.93. The highest BCUT2D eigenvalue weighted by Crippen LogP contribution is 2.20. The van der Waals surface area contributed by atoms with E-state index in [2.05, 4.69) is 4.98 Å². The number of anilines is 1. The van der Waals surface area contributed by atoms with Gasteiger partial charge in [0.2, 0.25) is 0 Å². The maximum Gasteiger partial charge on any atom is 0.326 e. The van der Waals surface area contributed by atoms with E-state index in [1.54, 1.807) is 29.2 Å². The van der Waals surface area contributed by atoms with Crippen LogP contribution in [0.3, 0.4) is 0 Å². The highest BCUT2D eigenvalue weighted by molar-refractivity contribution is 5.93. The normalized spacial score (nSPS) is 14.5. The van der Waals surface area contributed by atoms with Crippen molar-refractivity contribution in [2.45, 2.75) is 6.54 Å². The molecule has 2 heterocycles. The van der Waals surface area contributed by atoms with E-state index in [-0.39, 0.29) is 11.8 Å². The lowest BCUT2D eigenvalue weighted by molar-refractivity contribution is 0.112. The molecular weight excluding hydrogens is 285 g/mol. The van der Waals surface area contributed by atoms with E-state index in [4.69, 9.17) is 0 Å². The first-order valence-corrected chi connectivity index (χ1v) is 6.89. The predicted molar refractivity (Wildman–Crippen MR) is 79.2 cm³/mol. The number of rotatable bonds is 4. The third kappa shape index (κ3) is 2.81. The topological polar surface area (TPSA) is 53.5 Å². The quantitative estimate of drug-likeness (QED) is 0.815. The zero-order chi connectivity index (χ0) is 15.5. The van der Waals surface area contributed by atoms with Crippen LogP contribution in [0.5, 0.6) is 0 Å². The van der Waals surface area contributed by atoms with E-state index in [0.29, 0.717) is 31.0 Å². The molecule has 2 aromatic rings. The zero-order valence-electron chi connectivity index (χ0n) is 11.8. The molecule has 112 valence electrons. The molecule has 1 aromatic carbocycles. The number of hydrogen-bond donors (Lipinski definition) is 0. The molecule has 1 aliphatic rings. The molecular formula is C16H14FN3O2. The molecule has 0 atom stereocenters. The van der Waals surface area contributed by atoms with Crippen molar-refractivity contribution < 1.29 is 14.0 Å². The van der Waals surface area contributed by atoms with Gasteiger partial charge in [-0.3, -0.25) is 9.69 Å². The molecule has 0 saturated carbocycles. The summed E-state index contributed by atoms with van der Waals surface area (Å²) in [5.74, 6) is 0.171. The Balaban J connectivity index is 1.74. The van der Waals surface area contributed by atoms with Crippen LogP contribution in [0.15, 0.2) is 42.6 Å². The molecule has 22 heavy (non-hydrogen) atoms. The largest absolute Gasteiger partial charge is 0.326 e. The van der Waals surface area contributed by atoms with Crippen LogP contribution in [0.2, 0.25) is 0 Å². The Hall–Kier alpha value is -2.76. The smallest absolute Gasteiger partial charge is 0.318 e. The van der Waals surface area contributed by atoms with Gasteiger partial charge in [-0.25, -0.2) is 14.2 Å². The van der Waals surface area contributed by atoms with Crippen LogP contribution in [0.4, 0.5) is 15.0 Å². The summed E-state index contributed by atoms with van der Waals surface area (Å²) in [4.78, 5) is 30.6. The highest BCUT2D eigenvalue weighted by atomic mass is 19.1. The zero-order valence-corrected chi connectivity index (χ0v) is 11.8. The maximum absolute atomic E-state index is 12.9. The SMILES string of the molecule is O=Cc1ccnc(N2CCN(Cc3ccc(F)cc3)C2=O)c1. The van der Waals surface area contributed by atoms with Gasteiger partial charge in [-0.15, -0.1) is 0 Å². The Kier molecular flexibility index (Phi) is 3.82. The van der Waals surface area contributed by atoms with E-state index in [9.17, 15) is 14.0 Å². The molecule has 0 radical (unpaired) electrons. The Morgan fingerprint density at radius 1 is 1.18 bits per heavy atom. The molecule has 0 bridgehead atoms. The van der Waals surface area contributed by atoms with Gasteiger partial charge < -0.3 is 4.90 Å². The minimum absolute atomic E-state index is 0.167. The first kappa shape index (κ1) is 14.2. The number of hydrogen-bond acceptors (Lipinski definition) is 3. The van der Waals surface area contributed by atoms with Crippen LogP contribution in [-0.2, 0) is 6.54 Å². The van der Waals surface area contributed by atoms with E-state index in [1.165, 1.54) is 23.2 Å². The summed E-state index contributed by atoms with van der Waals surface area (Å²) >= 11 is 0. The number of carbonyl (C=O) groups is 2. The van der Waals surface area contributed by atoms with Gasteiger partial charge in [0.25, 0.3) is 0 Å². The van der Waals surface area contributed by atoms with Crippen LogP contribution in [0.1, 0.15) is 15.9 Å². The lowest BCUT2D eigenvalue weighted by atomic mass is 10.2. The number of halogens is 1. The second-order valence-electron chi connectivity index (χ2n) is 5.05. The number of pyridine rings is 1. The van der Waals surface area contributed by atoms with Crippen LogP contribution in [0.25, 0.3) is 0 Å². The monoisotopic (exact) mass is 299 g/mol. The van der Waals surface area contributed by atoms with Crippen LogP contribution >= 0.6 is 0 Å².